The van der Waals surface area contributed by atoms with Crippen molar-refractivity contribution in [3.8, 4) is 0 Å². The summed E-state index contributed by atoms with van der Waals surface area (Å²) in [7, 11) is 0. The molecule has 1 aromatic carbocycles. The SMILES string of the molecule is O=C(NCc1ncc[nH]1)c1cccnc1SC/C=C/c1ccccc1. The predicted molar refractivity (Wildman–Crippen MR) is 100 cm³/mol. The van der Waals surface area contributed by atoms with E-state index in [-0.39, 0.29) is 5.91 Å². The van der Waals surface area contributed by atoms with Crippen LogP contribution in [0.2, 0.25) is 0 Å². The molecule has 25 heavy (non-hydrogen) atoms. The minimum absolute atomic E-state index is 0.154. The largest absolute Gasteiger partial charge is 0.347 e. The molecule has 2 N–H and O–H groups in total. The Morgan fingerprint density at radius 1 is 1.12 bits per heavy atom. The molecule has 0 aliphatic carbocycles. The smallest absolute Gasteiger partial charge is 0.254 e. The zero-order chi connectivity index (χ0) is 17.3. The van der Waals surface area contributed by atoms with E-state index in [1.165, 1.54) is 11.8 Å². The molecule has 0 saturated heterocycles. The Hall–Kier alpha value is -2.86. The van der Waals surface area contributed by atoms with Crippen molar-refractivity contribution in [2.24, 2.45) is 0 Å². The predicted octanol–water partition coefficient (Wildman–Crippen LogP) is 3.54. The second-order valence-corrected chi connectivity index (χ2v) is 6.21. The maximum absolute atomic E-state index is 12.4. The molecule has 0 atom stereocenters. The number of pyridine rings is 1. The minimum Gasteiger partial charge on any atom is -0.347 e. The Morgan fingerprint density at radius 2 is 2.00 bits per heavy atom. The summed E-state index contributed by atoms with van der Waals surface area (Å²) in [6, 6.07) is 13.7. The molecule has 0 fully saturated rings. The van der Waals surface area contributed by atoms with Crippen LogP contribution in [0, 0.1) is 0 Å². The van der Waals surface area contributed by atoms with E-state index in [1.807, 2.05) is 18.2 Å². The first-order valence-corrected chi connectivity index (χ1v) is 8.87. The molecular weight excluding hydrogens is 332 g/mol. The Bertz CT molecular complexity index is 832. The number of aromatic amines is 1. The highest BCUT2D eigenvalue weighted by Gasteiger charge is 2.12. The van der Waals surface area contributed by atoms with E-state index in [9.17, 15) is 4.79 Å². The number of aromatic nitrogens is 3. The van der Waals surface area contributed by atoms with E-state index in [0.717, 1.165) is 22.2 Å². The van der Waals surface area contributed by atoms with Crippen molar-refractivity contribution in [2.45, 2.75) is 11.6 Å². The van der Waals surface area contributed by atoms with E-state index in [4.69, 9.17) is 0 Å². The summed E-state index contributed by atoms with van der Waals surface area (Å²) >= 11 is 1.54. The lowest BCUT2D eigenvalue weighted by Crippen LogP contribution is -2.24. The summed E-state index contributed by atoms with van der Waals surface area (Å²) in [5.41, 5.74) is 1.73. The number of benzene rings is 1. The van der Waals surface area contributed by atoms with Crippen molar-refractivity contribution in [1.29, 1.82) is 0 Å². The van der Waals surface area contributed by atoms with Gasteiger partial charge in [0, 0.05) is 24.3 Å². The number of hydrogen-bond donors (Lipinski definition) is 2. The molecule has 0 saturated carbocycles. The van der Waals surface area contributed by atoms with Crippen LogP contribution < -0.4 is 5.32 Å². The van der Waals surface area contributed by atoms with Gasteiger partial charge in [0.2, 0.25) is 0 Å². The number of rotatable bonds is 7. The number of carbonyl (C=O) groups is 1. The van der Waals surface area contributed by atoms with Crippen LogP contribution in [-0.4, -0.2) is 26.6 Å². The zero-order valence-electron chi connectivity index (χ0n) is 13.6. The van der Waals surface area contributed by atoms with Crippen LogP contribution in [0.1, 0.15) is 21.7 Å². The van der Waals surface area contributed by atoms with Gasteiger partial charge in [0.1, 0.15) is 10.9 Å². The first kappa shape index (κ1) is 17.0. The molecule has 2 aromatic heterocycles. The first-order chi connectivity index (χ1) is 12.3. The number of thioether (sulfide) groups is 1. The van der Waals surface area contributed by atoms with Gasteiger partial charge in [-0.05, 0) is 17.7 Å². The summed E-state index contributed by atoms with van der Waals surface area (Å²) < 4.78 is 0. The molecule has 1 amide bonds. The number of H-pyrrole nitrogens is 1. The Balaban J connectivity index is 1.58. The lowest BCUT2D eigenvalue weighted by Gasteiger charge is -2.07. The third kappa shape index (κ3) is 5.06. The molecule has 3 rings (SSSR count). The quantitative estimate of drug-likeness (QED) is 0.640. The van der Waals surface area contributed by atoms with Gasteiger partial charge in [-0.1, -0.05) is 42.5 Å². The van der Waals surface area contributed by atoms with E-state index in [0.29, 0.717) is 12.1 Å². The highest BCUT2D eigenvalue weighted by Crippen LogP contribution is 2.20. The topological polar surface area (TPSA) is 70.7 Å². The molecule has 2 heterocycles. The van der Waals surface area contributed by atoms with Crippen molar-refractivity contribution in [2.75, 3.05) is 5.75 Å². The summed E-state index contributed by atoms with van der Waals surface area (Å²) in [5.74, 6) is 1.31. The molecule has 3 aromatic rings. The fourth-order valence-corrected chi connectivity index (χ4v) is 3.01. The average molecular weight is 350 g/mol. The van der Waals surface area contributed by atoms with Crippen LogP contribution in [0.25, 0.3) is 6.08 Å². The fourth-order valence-electron chi connectivity index (χ4n) is 2.21. The summed E-state index contributed by atoms with van der Waals surface area (Å²) in [5, 5.41) is 3.57. The molecule has 0 spiro atoms. The molecule has 0 aliphatic heterocycles. The lowest BCUT2D eigenvalue weighted by molar-refractivity contribution is 0.0946. The molecule has 0 bridgehead atoms. The van der Waals surface area contributed by atoms with Crippen molar-refractivity contribution >= 4 is 23.7 Å². The fraction of sp³-hybridized carbons (Fsp3) is 0.105. The van der Waals surface area contributed by atoms with Gasteiger partial charge in [-0.25, -0.2) is 9.97 Å². The molecular formula is C19H18N4OS. The summed E-state index contributed by atoms with van der Waals surface area (Å²) in [6.07, 6.45) is 9.22. The first-order valence-electron chi connectivity index (χ1n) is 7.89. The second kappa shape index (κ2) is 8.84. The van der Waals surface area contributed by atoms with Crippen molar-refractivity contribution < 1.29 is 4.79 Å². The molecule has 0 radical (unpaired) electrons. The van der Waals surface area contributed by atoms with Gasteiger partial charge in [-0.2, -0.15) is 0 Å². The lowest BCUT2D eigenvalue weighted by atomic mass is 10.2. The van der Waals surface area contributed by atoms with Crippen LogP contribution >= 0.6 is 11.8 Å². The highest BCUT2D eigenvalue weighted by atomic mass is 32.2. The molecule has 126 valence electrons. The number of carbonyl (C=O) groups excluding carboxylic acids is 1. The normalized spacial score (nSPS) is 10.9. The van der Waals surface area contributed by atoms with Crippen molar-refractivity contribution in [1.82, 2.24) is 20.3 Å². The van der Waals surface area contributed by atoms with Gasteiger partial charge in [0.15, 0.2) is 0 Å². The van der Waals surface area contributed by atoms with E-state index in [1.54, 1.807) is 30.7 Å². The standard InChI is InChI=1S/C19H18N4OS/c24-18(23-14-17-20-11-12-21-17)16-9-4-10-22-19(16)25-13-5-8-15-6-2-1-3-7-15/h1-12H,13-14H2,(H,20,21)(H,23,24)/b8-5+. The van der Waals surface area contributed by atoms with Gasteiger partial charge in [-0.15, -0.1) is 11.8 Å². The number of nitrogens with zero attached hydrogens (tertiary/aromatic N) is 2. The summed E-state index contributed by atoms with van der Waals surface area (Å²) in [4.78, 5) is 23.8. The summed E-state index contributed by atoms with van der Waals surface area (Å²) in [6.45, 7) is 0.360. The Kier molecular flexibility index (Phi) is 6.01. The van der Waals surface area contributed by atoms with Gasteiger partial charge < -0.3 is 10.3 Å². The number of amides is 1. The molecule has 0 unspecified atom stereocenters. The van der Waals surface area contributed by atoms with E-state index < -0.39 is 0 Å². The molecule has 0 aliphatic rings. The van der Waals surface area contributed by atoms with Crippen LogP contribution in [0.3, 0.4) is 0 Å². The van der Waals surface area contributed by atoms with Gasteiger partial charge >= 0.3 is 0 Å². The third-order valence-electron chi connectivity index (χ3n) is 3.41. The Labute approximate surface area is 150 Å². The van der Waals surface area contributed by atoms with Crippen LogP contribution in [0.15, 0.2) is 72.2 Å². The minimum atomic E-state index is -0.154. The number of imidazole rings is 1. The van der Waals surface area contributed by atoms with Gasteiger partial charge in [-0.3, -0.25) is 4.79 Å². The Morgan fingerprint density at radius 3 is 2.80 bits per heavy atom. The van der Waals surface area contributed by atoms with Crippen LogP contribution in [0.5, 0.6) is 0 Å². The van der Waals surface area contributed by atoms with Gasteiger partial charge in [0.25, 0.3) is 5.91 Å². The number of nitrogens with one attached hydrogen (secondary N) is 2. The zero-order valence-corrected chi connectivity index (χ0v) is 14.4. The molecule has 6 heteroatoms. The third-order valence-corrected chi connectivity index (χ3v) is 4.37. The monoisotopic (exact) mass is 350 g/mol. The van der Waals surface area contributed by atoms with Crippen molar-refractivity contribution in [3.05, 3.63) is 84.1 Å². The second-order valence-electron chi connectivity index (χ2n) is 5.20. The highest BCUT2D eigenvalue weighted by molar-refractivity contribution is 7.99. The van der Waals surface area contributed by atoms with Crippen LogP contribution in [0.4, 0.5) is 0 Å². The van der Waals surface area contributed by atoms with Gasteiger partial charge in [0.05, 0.1) is 12.1 Å². The van der Waals surface area contributed by atoms with Crippen molar-refractivity contribution in [3.63, 3.8) is 0 Å². The van der Waals surface area contributed by atoms with E-state index >= 15 is 0 Å². The maximum Gasteiger partial charge on any atom is 0.254 e. The van der Waals surface area contributed by atoms with E-state index in [2.05, 4.69) is 44.6 Å². The van der Waals surface area contributed by atoms with Crippen LogP contribution in [-0.2, 0) is 6.54 Å². The number of hydrogen-bond acceptors (Lipinski definition) is 4. The molecule has 5 nitrogen and oxygen atoms in total. The maximum atomic E-state index is 12.4. The average Bonchev–Trinajstić information content (AvgIpc) is 3.18.